The van der Waals surface area contributed by atoms with Crippen molar-refractivity contribution in [1.29, 1.82) is 5.26 Å². The summed E-state index contributed by atoms with van der Waals surface area (Å²) in [5, 5.41) is 8.71. The van der Waals surface area contributed by atoms with Gasteiger partial charge in [-0.05, 0) is 60.8 Å². The maximum absolute atomic E-state index is 13.9. The van der Waals surface area contributed by atoms with Gasteiger partial charge in [-0.25, -0.2) is 4.39 Å². The Bertz CT molecular complexity index is 787. The molecule has 0 aromatic heterocycles. The van der Waals surface area contributed by atoms with Gasteiger partial charge in [-0.15, -0.1) is 0 Å². The van der Waals surface area contributed by atoms with Crippen LogP contribution in [-0.2, 0) is 6.61 Å². The molecular formula is C22H23F2NO. The lowest BCUT2D eigenvalue weighted by atomic mass is 9.78. The molecule has 4 heteroatoms. The van der Waals surface area contributed by atoms with Gasteiger partial charge in [-0.2, -0.15) is 9.65 Å². The summed E-state index contributed by atoms with van der Waals surface area (Å²) in [4.78, 5) is 0. The molecule has 0 spiro atoms. The summed E-state index contributed by atoms with van der Waals surface area (Å²) >= 11 is 0. The average Bonchev–Trinajstić information content (AvgIpc) is 2.70. The standard InChI is InChI=1S/C22H23F2NO/c1-2-15-3-7-17(8-4-15)18-9-5-16(6-10-18)14-26-20-12-11-19(13-25)21(23)22(20)24/h5-6,9-12,15,17H,2-4,7-8,14H2,1H3. The summed E-state index contributed by atoms with van der Waals surface area (Å²) in [5.74, 6) is -0.959. The zero-order valence-corrected chi connectivity index (χ0v) is 15.0. The minimum Gasteiger partial charge on any atom is -0.486 e. The summed E-state index contributed by atoms with van der Waals surface area (Å²) in [5.41, 5.74) is 1.93. The van der Waals surface area contributed by atoms with Crippen molar-refractivity contribution < 1.29 is 13.5 Å². The number of nitriles is 1. The summed E-state index contributed by atoms with van der Waals surface area (Å²) in [6.45, 7) is 2.42. The van der Waals surface area contributed by atoms with Gasteiger partial charge < -0.3 is 4.74 Å². The molecule has 0 atom stereocenters. The van der Waals surface area contributed by atoms with Crippen LogP contribution in [0.15, 0.2) is 36.4 Å². The molecule has 0 N–H and O–H groups in total. The van der Waals surface area contributed by atoms with Crippen LogP contribution in [0, 0.1) is 28.9 Å². The van der Waals surface area contributed by atoms with E-state index in [9.17, 15) is 8.78 Å². The van der Waals surface area contributed by atoms with Gasteiger partial charge in [0.15, 0.2) is 11.6 Å². The quantitative estimate of drug-likeness (QED) is 0.649. The lowest BCUT2D eigenvalue weighted by Gasteiger charge is -2.28. The molecule has 3 rings (SSSR count). The molecule has 2 aromatic carbocycles. The second-order valence-electron chi connectivity index (χ2n) is 7.01. The van der Waals surface area contributed by atoms with Gasteiger partial charge in [-0.1, -0.05) is 37.6 Å². The highest BCUT2D eigenvalue weighted by molar-refractivity contribution is 5.38. The maximum Gasteiger partial charge on any atom is 0.202 e. The molecule has 2 aromatic rings. The fraction of sp³-hybridized carbons (Fsp3) is 0.409. The second-order valence-corrected chi connectivity index (χ2v) is 7.01. The Labute approximate surface area is 153 Å². The number of hydrogen-bond donors (Lipinski definition) is 0. The van der Waals surface area contributed by atoms with Gasteiger partial charge in [0.2, 0.25) is 5.82 Å². The minimum absolute atomic E-state index is 0.158. The summed E-state index contributed by atoms with van der Waals surface area (Å²) in [7, 11) is 0. The third-order valence-electron chi connectivity index (χ3n) is 5.44. The average molecular weight is 355 g/mol. The van der Waals surface area contributed by atoms with E-state index in [1.165, 1.54) is 49.8 Å². The first-order chi connectivity index (χ1) is 12.6. The van der Waals surface area contributed by atoms with Crippen LogP contribution in [0.4, 0.5) is 8.78 Å². The molecule has 0 saturated heterocycles. The Balaban J connectivity index is 1.60. The predicted molar refractivity (Wildman–Crippen MR) is 96.8 cm³/mol. The highest BCUT2D eigenvalue weighted by Crippen LogP contribution is 2.37. The van der Waals surface area contributed by atoms with Crippen LogP contribution in [0.25, 0.3) is 0 Å². The number of ether oxygens (including phenoxy) is 1. The van der Waals surface area contributed by atoms with Crippen LogP contribution in [0.1, 0.15) is 61.6 Å². The van der Waals surface area contributed by atoms with Crippen molar-refractivity contribution in [2.45, 2.75) is 51.6 Å². The van der Waals surface area contributed by atoms with Crippen molar-refractivity contribution in [1.82, 2.24) is 0 Å². The first kappa shape index (κ1) is 18.4. The Morgan fingerprint density at radius 1 is 1.00 bits per heavy atom. The summed E-state index contributed by atoms with van der Waals surface area (Å²) < 4.78 is 32.9. The molecule has 1 saturated carbocycles. The molecule has 1 aliphatic rings. The van der Waals surface area contributed by atoms with E-state index in [-0.39, 0.29) is 17.9 Å². The Hall–Kier alpha value is -2.41. The number of hydrogen-bond acceptors (Lipinski definition) is 2. The fourth-order valence-corrected chi connectivity index (χ4v) is 3.68. The largest absolute Gasteiger partial charge is 0.486 e. The topological polar surface area (TPSA) is 33.0 Å². The van der Waals surface area contributed by atoms with Crippen molar-refractivity contribution in [3.8, 4) is 11.8 Å². The van der Waals surface area contributed by atoms with E-state index in [0.717, 1.165) is 11.5 Å². The first-order valence-corrected chi connectivity index (χ1v) is 9.22. The number of nitrogens with zero attached hydrogens (tertiary/aromatic N) is 1. The summed E-state index contributed by atoms with van der Waals surface area (Å²) in [6.07, 6.45) is 6.36. The van der Waals surface area contributed by atoms with Gasteiger partial charge >= 0.3 is 0 Å². The SMILES string of the molecule is CCC1CCC(c2ccc(COc3ccc(C#N)c(F)c3F)cc2)CC1. The van der Waals surface area contributed by atoms with E-state index in [1.54, 1.807) is 6.07 Å². The molecule has 2 nitrogen and oxygen atoms in total. The fourth-order valence-electron chi connectivity index (χ4n) is 3.68. The van der Waals surface area contributed by atoms with Crippen molar-refractivity contribution in [2.24, 2.45) is 5.92 Å². The monoisotopic (exact) mass is 355 g/mol. The van der Waals surface area contributed by atoms with Crippen LogP contribution in [0.3, 0.4) is 0 Å². The zero-order chi connectivity index (χ0) is 18.5. The lowest BCUT2D eigenvalue weighted by Crippen LogP contribution is -2.12. The minimum atomic E-state index is -1.16. The van der Waals surface area contributed by atoms with Gasteiger partial charge in [0.05, 0.1) is 5.56 Å². The molecule has 0 heterocycles. The van der Waals surface area contributed by atoms with Crippen molar-refractivity contribution in [3.63, 3.8) is 0 Å². The van der Waals surface area contributed by atoms with E-state index in [0.29, 0.717) is 5.92 Å². The Morgan fingerprint density at radius 3 is 2.31 bits per heavy atom. The van der Waals surface area contributed by atoms with E-state index in [1.807, 2.05) is 12.1 Å². The Morgan fingerprint density at radius 2 is 1.69 bits per heavy atom. The van der Waals surface area contributed by atoms with Crippen molar-refractivity contribution >= 4 is 0 Å². The third-order valence-corrected chi connectivity index (χ3v) is 5.44. The van der Waals surface area contributed by atoms with Crippen molar-refractivity contribution in [3.05, 3.63) is 64.7 Å². The molecule has 26 heavy (non-hydrogen) atoms. The lowest BCUT2D eigenvalue weighted by molar-refractivity contribution is 0.284. The van der Waals surface area contributed by atoms with E-state index >= 15 is 0 Å². The second kappa shape index (κ2) is 8.31. The van der Waals surface area contributed by atoms with E-state index in [2.05, 4.69) is 19.1 Å². The molecule has 0 bridgehead atoms. The molecule has 0 radical (unpaired) electrons. The number of benzene rings is 2. The number of rotatable bonds is 5. The molecule has 0 aliphatic heterocycles. The van der Waals surface area contributed by atoms with E-state index in [4.69, 9.17) is 10.00 Å². The Kier molecular flexibility index (Phi) is 5.88. The van der Waals surface area contributed by atoms with E-state index < -0.39 is 11.6 Å². The zero-order valence-electron chi connectivity index (χ0n) is 15.0. The van der Waals surface area contributed by atoms with Gasteiger partial charge in [0.25, 0.3) is 0 Å². The molecule has 1 fully saturated rings. The normalized spacial score (nSPS) is 19.8. The highest BCUT2D eigenvalue weighted by atomic mass is 19.2. The maximum atomic E-state index is 13.9. The molecule has 1 aliphatic carbocycles. The van der Waals surface area contributed by atoms with Crippen LogP contribution >= 0.6 is 0 Å². The van der Waals surface area contributed by atoms with Gasteiger partial charge in [0.1, 0.15) is 12.7 Å². The smallest absolute Gasteiger partial charge is 0.202 e. The van der Waals surface area contributed by atoms with Crippen LogP contribution in [0.2, 0.25) is 0 Å². The van der Waals surface area contributed by atoms with Gasteiger partial charge in [0, 0.05) is 0 Å². The molecule has 0 unspecified atom stereocenters. The first-order valence-electron chi connectivity index (χ1n) is 9.22. The molecule has 0 amide bonds. The summed E-state index contributed by atoms with van der Waals surface area (Å²) in [6, 6.07) is 12.3. The van der Waals surface area contributed by atoms with Crippen LogP contribution < -0.4 is 4.74 Å². The van der Waals surface area contributed by atoms with Crippen LogP contribution in [0.5, 0.6) is 5.75 Å². The molecular weight excluding hydrogens is 332 g/mol. The predicted octanol–water partition coefficient (Wildman–Crippen LogP) is 6.10. The number of halogens is 2. The van der Waals surface area contributed by atoms with Gasteiger partial charge in [-0.3, -0.25) is 0 Å². The highest BCUT2D eigenvalue weighted by Gasteiger charge is 2.21. The molecule has 136 valence electrons. The van der Waals surface area contributed by atoms with Crippen molar-refractivity contribution in [2.75, 3.05) is 0 Å². The third kappa shape index (κ3) is 4.04. The van der Waals surface area contributed by atoms with Crippen LogP contribution in [-0.4, -0.2) is 0 Å².